The molecule has 0 saturated carbocycles. The minimum atomic E-state index is -0.0938. The van der Waals surface area contributed by atoms with E-state index in [9.17, 15) is 4.79 Å². The highest BCUT2D eigenvalue weighted by atomic mass is 32.1. The number of anilines is 1. The molecule has 0 N–H and O–H groups in total. The average Bonchev–Trinajstić information content (AvgIpc) is 2.95. The van der Waals surface area contributed by atoms with Crippen LogP contribution in [0.1, 0.15) is 44.3 Å². The van der Waals surface area contributed by atoms with Gasteiger partial charge in [0.2, 0.25) is 5.13 Å². The highest BCUT2D eigenvalue weighted by molar-refractivity contribution is 7.15. The largest absolute Gasteiger partial charge is 0.347 e. The van der Waals surface area contributed by atoms with Crippen LogP contribution >= 0.6 is 11.3 Å². The van der Waals surface area contributed by atoms with Crippen LogP contribution in [0.15, 0.2) is 17.2 Å². The number of hydrogen-bond donors (Lipinski definition) is 0. The van der Waals surface area contributed by atoms with E-state index in [0.29, 0.717) is 5.92 Å². The van der Waals surface area contributed by atoms with E-state index < -0.39 is 0 Å². The predicted molar refractivity (Wildman–Crippen MR) is 96.8 cm³/mol. The Labute approximate surface area is 146 Å². The number of hydrogen-bond acceptors (Lipinski definition) is 6. The summed E-state index contributed by atoms with van der Waals surface area (Å²) in [6, 6.07) is 1.68. The van der Waals surface area contributed by atoms with Crippen molar-refractivity contribution < 1.29 is 0 Å². The molecule has 1 aliphatic heterocycles. The SMILES string of the molecule is Cc1nnc(N2CCC(Cn3cnc(C(C)(C)C)cc3=O)CC2)s1. The smallest absolute Gasteiger partial charge is 0.253 e. The molecule has 6 nitrogen and oxygen atoms in total. The molecule has 0 aliphatic carbocycles. The Bertz CT molecular complexity index is 753. The summed E-state index contributed by atoms with van der Waals surface area (Å²) in [7, 11) is 0. The van der Waals surface area contributed by atoms with Crippen LogP contribution in [-0.2, 0) is 12.0 Å². The fourth-order valence-electron chi connectivity index (χ4n) is 2.97. The van der Waals surface area contributed by atoms with Crippen molar-refractivity contribution in [2.75, 3.05) is 18.0 Å². The molecule has 0 radical (unpaired) electrons. The van der Waals surface area contributed by atoms with E-state index in [1.54, 1.807) is 28.3 Å². The van der Waals surface area contributed by atoms with Crippen molar-refractivity contribution in [3.8, 4) is 0 Å². The number of aromatic nitrogens is 4. The number of rotatable bonds is 3. The van der Waals surface area contributed by atoms with Gasteiger partial charge in [0, 0.05) is 31.1 Å². The Kier molecular flexibility index (Phi) is 4.71. The summed E-state index contributed by atoms with van der Waals surface area (Å²) in [5.41, 5.74) is 0.811. The van der Waals surface area contributed by atoms with Crippen LogP contribution in [-0.4, -0.2) is 32.8 Å². The van der Waals surface area contributed by atoms with Crippen molar-refractivity contribution in [2.24, 2.45) is 5.92 Å². The van der Waals surface area contributed by atoms with Gasteiger partial charge in [0.05, 0.1) is 12.0 Å². The van der Waals surface area contributed by atoms with Gasteiger partial charge in [-0.1, -0.05) is 32.1 Å². The zero-order valence-electron chi connectivity index (χ0n) is 14.8. The van der Waals surface area contributed by atoms with Gasteiger partial charge in [0.15, 0.2) is 0 Å². The van der Waals surface area contributed by atoms with E-state index in [1.165, 1.54) is 0 Å². The van der Waals surface area contributed by atoms with Crippen molar-refractivity contribution in [3.05, 3.63) is 33.4 Å². The Balaban J connectivity index is 1.61. The first-order chi connectivity index (χ1) is 11.3. The predicted octanol–water partition coefficient (Wildman–Crippen LogP) is 2.62. The van der Waals surface area contributed by atoms with Crippen LogP contribution in [0.4, 0.5) is 5.13 Å². The Morgan fingerprint density at radius 2 is 1.96 bits per heavy atom. The number of nitrogens with zero attached hydrogens (tertiary/aromatic N) is 5. The minimum Gasteiger partial charge on any atom is -0.347 e. The number of aryl methyl sites for hydroxylation is 1. The zero-order chi connectivity index (χ0) is 17.3. The van der Waals surface area contributed by atoms with E-state index in [2.05, 4.69) is 40.9 Å². The topological polar surface area (TPSA) is 63.9 Å². The van der Waals surface area contributed by atoms with Crippen molar-refractivity contribution in [3.63, 3.8) is 0 Å². The van der Waals surface area contributed by atoms with E-state index >= 15 is 0 Å². The number of piperidine rings is 1. The molecule has 130 valence electrons. The lowest BCUT2D eigenvalue weighted by atomic mass is 9.92. The lowest BCUT2D eigenvalue weighted by Gasteiger charge is -2.31. The molecule has 0 aromatic carbocycles. The lowest BCUT2D eigenvalue weighted by molar-refractivity contribution is 0.349. The summed E-state index contributed by atoms with van der Waals surface area (Å²) in [6.07, 6.45) is 3.83. The third kappa shape index (κ3) is 3.83. The molecule has 0 atom stereocenters. The molecule has 1 aliphatic rings. The highest BCUT2D eigenvalue weighted by Crippen LogP contribution is 2.26. The molecule has 3 rings (SSSR count). The van der Waals surface area contributed by atoms with Gasteiger partial charge in [-0.3, -0.25) is 9.36 Å². The van der Waals surface area contributed by atoms with Crippen LogP contribution < -0.4 is 10.5 Å². The van der Waals surface area contributed by atoms with Gasteiger partial charge >= 0.3 is 0 Å². The fourth-order valence-corrected chi connectivity index (χ4v) is 3.71. The second kappa shape index (κ2) is 6.63. The van der Waals surface area contributed by atoms with Crippen LogP contribution in [0.5, 0.6) is 0 Å². The van der Waals surface area contributed by atoms with Crippen molar-refractivity contribution in [1.82, 2.24) is 19.7 Å². The van der Waals surface area contributed by atoms with Crippen LogP contribution in [0.3, 0.4) is 0 Å². The van der Waals surface area contributed by atoms with E-state index in [4.69, 9.17) is 0 Å². The minimum absolute atomic E-state index is 0.0529. The fraction of sp³-hybridized carbons (Fsp3) is 0.647. The molecular formula is C17H25N5OS. The van der Waals surface area contributed by atoms with E-state index in [1.807, 2.05) is 6.92 Å². The molecule has 0 spiro atoms. The molecule has 0 unspecified atom stereocenters. The molecule has 3 heterocycles. The van der Waals surface area contributed by atoms with Gasteiger partial charge in [0.1, 0.15) is 5.01 Å². The van der Waals surface area contributed by atoms with Crippen LogP contribution in [0, 0.1) is 12.8 Å². The average molecular weight is 347 g/mol. The van der Waals surface area contributed by atoms with Crippen LogP contribution in [0.25, 0.3) is 0 Å². The third-order valence-corrected chi connectivity index (χ3v) is 5.40. The monoisotopic (exact) mass is 347 g/mol. The van der Waals surface area contributed by atoms with Gasteiger partial charge < -0.3 is 4.90 Å². The molecule has 24 heavy (non-hydrogen) atoms. The van der Waals surface area contributed by atoms with Gasteiger partial charge in [-0.05, 0) is 25.7 Å². The molecule has 2 aromatic heterocycles. The summed E-state index contributed by atoms with van der Waals surface area (Å²) in [5, 5.41) is 10.3. The van der Waals surface area contributed by atoms with Gasteiger partial charge in [-0.2, -0.15) is 0 Å². The summed E-state index contributed by atoms with van der Waals surface area (Å²) >= 11 is 1.64. The molecule has 0 bridgehead atoms. The maximum Gasteiger partial charge on any atom is 0.253 e. The quantitative estimate of drug-likeness (QED) is 0.854. The first kappa shape index (κ1) is 17.1. The molecule has 1 saturated heterocycles. The van der Waals surface area contributed by atoms with Gasteiger partial charge in [-0.15, -0.1) is 10.2 Å². The Morgan fingerprint density at radius 1 is 1.25 bits per heavy atom. The lowest BCUT2D eigenvalue weighted by Crippen LogP contribution is -2.36. The van der Waals surface area contributed by atoms with E-state index in [-0.39, 0.29) is 11.0 Å². The van der Waals surface area contributed by atoms with Gasteiger partial charge in [0.25, 0.3) is 5.56 Å². The first-order valence-electron chi connectivity index (χ1n) is 8.45. The summed E-state index contributed by atoms with van der Waals surface area (Å²) in [4.78, 5) is 19.1. The molecule has 1 fully saturated rings. The Hall–Kier alpha value is -1.76. The maximum absolute atomic E-state index is 12.3. The van der Waals surface area contributed by atoms with Crippen molar-refractivity contribution in [1.29, 1.82) is 0 Å². The van der Waals surface area contributed by atoms with Crippen LogP contribution in [0.2, 0.25) is 0 Å². The summed E-state index contributed by atoms with van der Waals surface area (Å²) in [5.74, 6) is 0.509. The molecular weight excluding hydrogens is 322 g/mol. The van der Waals surface area contributed by atoms with Gasteiger partial charge in [-0.25, -0.2) is 4.98 Å². The van der Waals surface area contributed by atoms with E-state index in [0.717, 1.165) is 48.3 Å². The maximum atomic E-state index is 12.3. The van der Waals surface area contributed by atoms with Crippen molar-refractivity contribution >= 4 is 16.5 Å². The Morgan fingerprint density at radius 3 is 2.50 bits per heavy atom. The summed E-state index contributed by atoms with van der Waals surface area (Å²) < 4.78 is 1.75. The third-order valence-electron chi connectivity index (χ3n) is 4.50. The zero-order valence-corrected chi connectivity index (χ0v) is 15.6. The first-order valence-corrected chi connectivity index (χ1v) is 9.26. The molecule has 2 aromatic rings. The second-order valence-electron chi connectivity index (χ2n) is 7.55. The normalized spacial score (nSPS) is 16.6. The summed E-state index contributed by atoms with van der Waals surface area (Å²) in [6.45, 7) is 10.9. The standard InChI is InChI=1S/C17H25N5OS/c1-12-19-20-16(24-12)21-7-5-13(6-8-21)10-22-11-18-14(9-15(22)23)17(2,3)4/h9,11,13H,5-8,10H2,1-4H3. The second-order valence-corrected chi connectivity index (χ2v) is 8.71. The highest BCUT2D eigenvalue weighted by Gasteiger charge is 2.23. The molecule has 0 amide bonds. The van der Waals surface area contributed by atoms with Crippen molar-refractivity contribution in [2.45, 2.75) is 52.5 Å². The molecule has 7 heteroatoms.